The largest absolute Gasteiger partial charge is 0.396 e. The molecule has 0 bridgehead atoms. The maximum atomic E-state index is 8.77. The fourth-order valence-electron chi connectivity index (χ4n) is 0.965. The second-order valence-electron chi connectivity index (χ2n) is 2.28. The maximum Gasteiger partial charge on any atom is 0.0817 e. The Bertz CT molecular complexity index is 163. The van der Waals surface area contributed by atoms with Crippen molar-refractivity contribution >= 4 is 5.71 Å². The van der Waals surface area contributed by atoms with Crippen molar-refractivity contribution in [3.8, 4) is 0 Å². The van der Waals surface area contributed by atoms with Crippen LogP contribution in [0.4, 0.5) is 0 Å². The summed E-state index contributed by atoms with van der Waals surface area (Å²) in [5.41, 5.74) is 0.685. The Morgan fingerprint density at radius 1 is 1.60 bits per heavy atom. The highest BCUT2D eigenvalue weighted by Crippen LogP contribution is 2.10. The molecule has 0 unspecified atom stereocenters. The molecule has 0 aliphatic carbocycles. The molecule has 1 atom stereocenters. The number of aliphatic hydroxyl groups is 2. The van der Waals surface area contributed by atoms with E-state index < -0.39 is 0 Å². The topological polar surface area (TPSA) is 52.8 Å². The highest BCUT2D eigenvalue weighted by Gasteiger charge is 2.14. The summed E-state index contributed by atoms with van der Waals surface area (Å²) in [4.78, 5) is 3.93. The number of hydrogen-bond donors (Lipinski definition) is 2. The lowest BCUT2D eigenvalue weighted by molar-refractivity contribution is 0.253. The van der Waals surface area contributed by atoms with E-state index in [2.05, 4.69) is 4.99 Å². The number of nitrogens with zero attached hydrogens (tertiary/aromatic N) is 1. The summed E-state index contributed by atoms with van der Waals surface area (Å²) in [5, 5.41) is 17.5. The van der Waals surface area contributed by atoms with Crippen LogP contribution in [-0.2, 0) is 0 Å². The van der Waals surface area contributed by atoms with Crippen LogP contribution in [0, 0.1) is 5.92 Å². The van der Waals surface area contributed by atoms with Crippen LogP contribution in [0.3, 0.4) is 0 Å². The maximum absolute atomic E-state index is 8.77. The van der Waals surface area contributed by atoms with E-state index in [9.17, 15) is 0 Å². The first-order chi connectivity index (χ1) is 4.88. The molecule has 0 fully saturated rings. The summed E-state index contributed by atoms with van der Waals surface area (Å²) in [6.07, 6.45) is 4.34. The number of allylic oxidation sites excluding steroid dienone is 1. The van der Waals surface area contributed by atoms with Gasteiger partial charge in [0.05, 0.1) is 13.2 Å². The first kappa shape index (κ1) is 7.44. The molecule has 3 heteroatoms. The molecule has 56 valence electrons. The van der Waals surface area contributed by atoms with Gasteiger partial charge >= 0.3 is 0 Å². The van der Waals surface area contributed by atoms with Crippen LogP contribution in [0.5, 0.6) is 0 Å². The van der Waals surface area contributed by atoms with Crippen molar-refractivity contribution in [3.63, 3.8) is 0 Å². The van der Waals surface area contributed by atoms with Crippen LogP contribution in [0.25, 0.3) is 0 Å². The zero-order valence-electron chi connectivity index (χ0n) is 5.70. The van der Waals surface area contributed by atoms with Crippen LogP contribution in [0.15, 0.2) is 17.3 Å². The van der Waals surface area contributed by atoms with Crippen molar-refractivity contribution in [2.24, 2.45) is 10.9 Å². The molecule has 0 aromatic carbocycles. The van der Waals surface area contributed by atoms with E-state index in [4.69, 9.17) is 10.2 Å². The third kappa shape index (κ3) is 1.43. The molecule has 0 saturated heterocycles. The number of hydrogen-bond acceptors (Lipinski definition) is 3. The Morgan fingerprint density at radius 2 is 2.40 bits per heavy atom. The third-order valence-corrected chi connectivity index (χ3v) is 1.62. The van der Waals surface area contributed by atoms with Crippen molar-refractivity contribution in [3.05, 3.63) is 12.3 Å². The average Bonchev–Trinajstić information content (AvgIpc) is 2.04. The average molecular weight is 141 g/mol. The quantitative estimate of drug-likeness (QED) is 0.566. The Kier molecular flexibility index (Phi) is 2.59. The summed E-state index contributed by atoms with van der Waals surface area (Å²) in [5.74, 6) is 0.0370. The second-order valence-corrected chi connectivity index (χ2v) is 2.28. The van der Waals surface area contributed by atoms with Gasteiger partial charge in [-0.05, 0) is 6.42 Å². The van der Waals surface area contributed by atoms with Crippen LogP contribution < -0.4 is 0 Å². The Labute approximate surface area is 59.7 Å². The first-order valence-corrected chi connectivity index (χ1v) is 3.31. The Morgan fingerprint density at radius 3 is 2.90 bits per heavy atom. The van der Waals surface area contributed by atoms with Gasteiger partial charge < -0.3 is 10.2 Å². The summed E-state index contributed by atoms with van der Waals surface area (Å²) < 4.78 is 0. The molecular formula is C7H11NO2. The fraction of sp³-hybridized carbons (Fsp3) is 0.571. The molecule has 0 radical (unpaired) electrons. The number of aliphatic hydroxyl groups excluding tert-OH is 2. The minimum absolute atomic E-state index is 0.0370. The molecule has 0 amide bonds. The van der Waals surface area contributed by atoms with Crippen molar-refractivity contribution in [1.82, 2.24) is 0 Å². The molecule has 0 aromatic heterocycles. The van der Waals surface area contributed by atoms with Crippen LogP contribution in [0.2, 0.25) is 0 Å². The highest BCUT2D eigenvalue weighted by atomic mass is 16.3. The zero-order chi connectivity index (χ0) is 7.40. The molecule has 1 rings (SSSR count). The van der Waals surface area contributed by atoms with E-state index in [1.165, 1.54) is 0 Å². The Hall–Kier alpha value is -0.670. The van der Waals surface area contributed by atoms with Gasteiger partial charge in [0, 0.05) is 17.8 Å². The van der Waals surface area contributed by atoms with Crippen molar-refractivity contribution in [1.29, 1.82) is 0 Å². The normalized spacial score (nSPS) is 24.6. The molecule has 0 spiro atoms. The van der Waals surface area contributed by atoms with E-state index >= 15 is 0 Å². The minimum atomic E-state index is -0.0461. The molecular weight excluding hydrogens is 130 g/mol. The standard InChI is InChI=1S/C7H11NO2/c9-4-6-2-1-3-8-7(6)5-10/h1,3,6,9-10H,2,4-5H2/t6-/m0/s1. The summed E-state index contributed by atoms with van der Waals surface area (Å²) in [7, 11) is 0. The second kappa shape index (κ2) is 3.49. The van der Waals surface area contributed by atoms with Gasteiger partial charge in [-0.2, -0.15) is 0 Å². The predicted octanol–water partition coefficient (Wildman–Crippen LogP) is -0.0544. The lowest BCUT2D eigenvalue weighted by Crippen LogP contribution is -2.22. The van der Waals surface area contributed by atoms with Gasteiger partial charge in [0.2, 0.25) is 0 Å². The fourth-order valence-corrected chi connectivity index (χ4v) is 0.965. The predicted molar refractivity (Wildman–Crippen MR) is 38.9 cm³/mol. The summed E-state index contributed by atoms with van der Waals surface area (Å²) in [6.45, 7) is 0.0271. The van der Waals surface area contributed by atoms with Crippen molar-refractivity contribution in [2.45, 2.75) is 6.42 Å². The van der Waals surface area contributed by atoms with Gasteiger partial charge in [-0.25, -0.2) is 0 Å². The minimum Gasteiger partial charge on any atom is -0.396 e. The van der Waals surface area contributed by atoms with Crippen LogP contribution >= 0.6 is 0 Å². The molecule has 1 aliphatic heterocycles. The monoisotopic (exact) mass is 141 g/mol. The zero-order valence-corrected chi connectivity index (χ0v) is 5.70. The van der Waals surface area contributed by atoms with Gasteiger partial charge in [0.25, 0.3) is 0 Å². The lowest BCUT2D eigenvalue weighted by Gasteiger charge is -2.15. The first-order valence-electron chi connectivity index (χ1n) is 3.31. The van der Waals surface area contributed by atoms with E-state index in [0.717, 1.165) is 6.42 Å². The van der Waals surface area contributed by atoms with Gasteiger partial charge in [0.15, 0.2) is 0 Å². The van der Waals surface area contributed by atoms with Gasteiger partial charge in [-0.1, -0.05) is 6.08 Å². The molecule has 1 aliphatic rings. The van der Waals surface area contributed by atoms with Crippen LogP contribution in [-0.4, -0.2) is 29.1 Å². The van der Waals surface area contributed by atoms with Gasteiger partial charge in [0.1, 0.15) is 0 Å². The van der Waals surface area contributed by atoms with E-state index in [1.54, 1.807) is 6.20 Å². The number of rotatable bonds is 2. The van der Waals surface area contributed by atoms with Crippen LogP contribution in [0.1, 0.15) is 6.42 Å². The summed E-state index contributed by atoms with van der Waals surface area (Å²) in [6, 6.07) is 0. The SMILES string of the molecule is OCC1=NC=CC[C@H]1CO. The highest BCUT2D eigenvalue weighted by molar-refractivity contribution is 5.89. The molecule has 10 heavy (non-hydrogen) atoms. The smallest absolute Gasteiger partial charge is 0.0817 e. The van der Waals surface area contributed by atoms with E-state index in [0.29, 0.717) is 5.71 Å². The molecule has 3 nitrogen and oxygen atoms in total. The third-order valence-electron chi connectivity index (χ3n) is 1.62. The molecule has 2 N–H and O–H groups in total. The molecule has 1 heterocycles. The Balaban J connectivity index is 2.61. The van der Waals surface area contributed by atoms with Gasteiger partial charge in [-0.3, -0.25) is 4.99 Å². The number of aliphatic imine (C=N–C) groups is 1. The van der Waals surface area contributed by atoms with E-state index in [-0.39, 0.29) is 19.1 Å². The molecule has 0 aromatic rings. The van der Waals surface area contributed by atoms with Gasteiger partial charge in [-0.15, -0.1) is 0 Å². The van der Waals surface area contributed by atoms with Crippen molar-refractivity contribution < 1.29 is 10.2 Å². The van der Waals surface area contributed by atoms with E-state index in [1.807, 2.05) is 6.08 Å². The van der Waals surface area contributed by atoms with Crippen molar-refractivity contribution in [2.75, 3.05) is 13.2 Å². The summed E-state index contributed by atoms with van der Waals surface area (Å²) >= 11 is 0. The molecule has 0 saturated carbocycles. The lowest BCUT2D eigenvalue weighted by atomic mass is 9.99.